The van der Waals surface area contributed by atoms with Crippen molar-refractivity contribution in [3.8, 4) is 23.8 Å². The van der Waals surface area contributed by atoms with E-state index in [2.05, 4.69) is 11.2 Å². The maximum atomic E-state index is 12.2. The van der Waals surface area contributed by atoms with Gasteiger partial charge in [-0.1, -0.05) is 49.2 Å². The van der Waals surface area contributed by atoms with E-state index in [1.165, 1.54) is 0 Å². The second kappa shape index (κ2) is 10.2. The van der Waals surface area contributed by atoms with Crippen molar-refractivity contribution in [3.05, 3.63) is 59.7 Å². The van der Waals surface area contributed by atoms with Gasteiger partial charge in [0.1, 0.15) is 12.7 Å². The number of hydrogen-bond acceptors (Lipinski definition) is 4. The Morgan fingerprint density at radius 2 is 1.96 bits per heavy atom. The average molecular weight is 367 g/mol. The normalized spacial score (nSPS) is 12.5. The summed E-state index contributed by atoms with van der Waals surface area (Å²) < 4.78 is 10.7. The van der Waals surface area contributed by atoms with Crippen LogP contribution < -0.4 is 14.8 Å². The predicted molar refractivity (Wildman–Crippen MR) is 105 cm³/mol. The van der Waals surface area contributed by atoms with Crippen LogP contribution in [0.2, 0.25) is 0 Å². The smallest absolute Gasteiger partial charge is 0.249 e. The number of amides is 1. The molecule has 0 heterocycles. The highest BCUT2D eigenvalue weighted by Gasteiger charge is 2.23. The number of hydrogen-bond donors (Lipinski definition) is 2. The molecule has 142 valence electrons. The molecule has 1 amide bonds. The number of carbonyl (C=O) groups is 1. The minimum atomic E-state index is -1.10. The van der Waals surface area contributed by atoms with Gasteiger partial charge < -0.3 is 19.9 Å². The van der Waals surface area contributed by atoms with Crippen LogP contribution in [-0.2, 0) is 11.2 Å². The van der Waals surface area contributed by atoms with Crippen LogP contribution in [0.5, 0.6) is 11.5 Å². The second-order valence-electron chi connectivity index (χ2n) is 6.16. The Bertz CT molecular complexity index is 783. The summed E-state index contributed by atoms with van der Waals surface area (Å²) in [7, 11) is 1.56. The average Bonchev–Trinajstić information content (AvgIpc) is 2.72. The summed E-state index contributed by atoms with van der Waals surface area (Å²) in [5.74, 6) is 2.92. The van der Waals surface area contributed by atoms with Gasteiger partial charge in [0.2, 0.25) is 5.91 Å². The number of ether oxygens (including phenoxy) is 2. The monoisotopic (exact) mass is 367 g/mol. The van der Waals surface area contributed by atoms with E-state index in [0.29, 0.717) is 24.5 Å². The molecule has 0 aliphatic heterocycles. The lowest BCUT2D eigenvalue weighted by atomic mass is 9.95. The second-order valence-corrected chi connectivity index (χ2v) is 6.16. The molecule has 0 spiro atoms. The molecule has 2 N–H and O–H groups in total. The molecule has 0 bridgehead atoms. The van der Waals surface area contributed by atoms with Crippen LogP contribution in [-0.4, -0.2) is 37.4 Å². The summed E-state index contributed by atoms with van der Waals surface area (Å²) in [5, 5.41) is 13.1. The van der Waals surface area contributed by atoms with Crippen molar-refractivity contribution in [2.45, 2.75) is 25.4 Å². The number of aliphatic hydroxyl groups excluding tert-OH is 1. The first-order chi connectivity index (χ1) is 13.1. The Labute approximate surface area is 160 Å². The molecule has 0 saturated carbocycles. The molecule has 5 heteroatoms. The van der Waals surface area contributed by atoms with Crippen LogP contribution in [0.15, 0.2) is 48.5 Å². The summed E-state index contributed by atoms with van der Waals surface area (Å²) in [6.07, 6.45) is 4.70. The molecule has 0 aliphatic carbocycles. The maximum absolute atomic E-state index is 12.2. The fourth-order valence-corrected chi connectivity index (χ4v) is 2.71. The van der Waals surface area contributed by atoms with Crippen LogP contribution in [0, 0.1) is 12.3 Å². The van der Waals surface area contributed by atoms with Gasteiger partial charge in [-0.2, -0.15) is 0 Å². The molecule has 2 unspecified atom stereocenters. The SMILES string of the molecule is C#CCOc1ccc(CCNC(=O)C(O)C(C)c2ccccc2)cc1OC. The van der Waals surface area contributed by atoms with E-state index in [0.717, 1.165) is 11.1 Å². The lowest BCUT2D eigenvalue weighted by Crippen LogP contribution is -2.38. The summed E-state index contributed by atoms with van der Waals surface area (Å²) in [5.41, 5.74) is 1.90. The van der Waals surface area contributed by atoms with Crippen molar-refractivity contribution in [1.82, 2.24) is 5.32 Å². The van der Waals surface area contributed by atoms with Gasteiger partial charge in [-0.3, -0.25) is 4.79 Å². The summed E-state index contributed by atoms with van der Waals surface area (Å²) >= 11 is 0. The molecular weight excluding hydrogens is 342 g/mol. The van der Waals surface area contributed by atoms with Gasteiger partial charge in [0.25, 0.3) is 0 Å². The molecule has 2 rings (SSSR count). The van der Waals surface area contributed by atoms with Gasteiger partial charge in [-0.15, -0.1) is 6.42 Å². The molecule has 0 saturated heterocycles. The Balaban J connectivity index is 1.88. The van der Waals surface area contributed by atoms with Gasteiger partial charge in [-0.05, 0) is 29.7 Å². The van der Waals surface area contributed by atoms with E-state index in [1.54, 1.807) is 13.2 Å². The molecule has 0 aliphatic rings. The number of aliphatic hydroxyl groups is 1. The topological polar surface area (TPSA) is 67.8 Å². The van der Waals surface area contributed by atoms with Gasteiger partial charge in [-0.25, -0.2) is 0 Å². The molecule has 0 fully saturated rings. The van der Waals surface area contributed by atoms with Crippen LogP contribution in [0.3, 0.4) is 0 Å². The predicted octanol–water partition coefficient (Wildman–Crippen LogP) is 2.53. The van der Waals surface area contributed by atoms with Crippen molar-refractivity contribution in [2.75, 3.05) is 20.3 Å². The molecule has 2 aromatic rings. The Morgan fingerprint density at radius 3 is 2.63 bits per heavy atom. The number of carbonyl (C=O) groups excluding carboxylic acids is 1. The van der Waals surface area contributed by atoms with E-state index in [9.17, 15) is 9.90 Å². The lowest BCUT2D eigenvalue weighted by molar-refractivity contribution is -0.130. The fourth-order valence-electron chi connectivity index (χ4n) is 2.71. The third kappa shape index (κ3) is 5.77. The van der Waals surface area contributed by atoms with E-state index in [-0.39, 0.29) is 18.4 Å². The molecule has 2 aromatic carbocycles. The van der Waals surface area contributed by atoms with Crippen LogP contribution in [0.4, 0.5) is 0 Å². The van der Waals surface area contributed by atoms with E-state index >= 15 is 0 Å². The third-order valence-electron chi connectivity index (χ3n) is 4.32. The minimum Gasteiger partial charge on any atom is -0.493 e. The summed E-state index contributed by atoms with van der Waals surface area (Å²) in [4.78, 5) is 12.2. The van der Waals surface area contributed by atoms with E-state index < -0.39 is 6.10 Å². The number of terminal acetylenes is 1. The first-order valence-corrected chi connectivity index (χ1v) is 8.80. The zero-order valence-corrected chi connectivity index (χ0v) is 15.6. The van der Waals surface area contributed by atoms with Crippen LogP contribution in [0.25, 0.3) is 0 Å². The number of methoxy groups -OCH3 is 1. The standard InChI is InChI=1S/C22H25NO4/c1-4-14-27-19-11-10-17(15-20(19)26-3)12-13-23-22(25)21(24)16(2)18-8-6-5-7-9-18/h1,5-11,15-16,21,24H,12-14H2,2-3H3,(H,23,25). The number of nitrogens with one attached hydrogen (secondary N) is 1. The van der Waals surface area contributed by atoms with Crippen LogP contribution in [0.1, 0.15) is 24.0 Å². The molecule has 0 aromatic heterocycles. The van der Waals surface area contributed by atoms with Crippen molar-refractivity contribution in [3.63, 3.8) is 0 Å². The lowest BCUT2D eigenvalue weighted by Gasteiger charge is -2.19. The van der Waals surface area contributed by atoms with Crippen molar-refractivity contribution in [2.24, 2.45) is 0 Å². The van der Waals surface area contributed by atoms with Gasteiger partial charge >= 0.3 is 0 Å². The van der Waals surface area contributed by atoms with E-state index in [1.807, 2.05) is 49.4 Å². The Hall–Kier alpha value is -2.97. The highest BCUT2D eigenvalue weighted by Crippen LogP contribution is 2.28. The van der Waals surface area contributed by atoms with Gasteiger partial charge in [0.05, 0.1) is 7.11 Å². The Kier molecular flexibility index (Phi) is 7.72. The maximum Gasteiger partial charge on any atom is 0.249 e. The quantitative estimate of drug-likeness (QED) is 0.669. The number of rotatable bonds is 9. The van der Waals surface area contributed by atoms with Crippen molar-refractivity contribution >= 4 is 5.91 Å². The molecule has 5 nitrogen and oxygen atoms in total. The van der Waals surface area contributed by atoms with Gasteiger partial charge in [0, 0.05) is 12.5 Å². The summed E-state index contributed by atoms with van der Waals surface area (Å²) in [6, 6.07) is 15.0. The highest BCUT2D eigenvalue weighted by atomic mass is 16.5. The Morgan fingerprint density at radius 1 is 1.22 bits per heavy atom. The number of benzene rings is 2. The summed E-state index contributed by atoms with van der Waals surface area (Å²) in [6.45, 7) is 2.41. The molecular formula is C22H25NO4. The zero-order chi connectivity index (χ0) is 19.6. The third-order valence-corrected chi connectivity index (χ3v) is 4.32. The fraction of sp³-hybridized carbons (Fsp3) is 0.318. The van der Waals surface area contributed by atoms with Crippen molar-refractivity contribution in [1.29, 1.82) is 0 Å². The van der Waals surface area contributed by atoms with Crippen LogP contribution >= 0.6 is 0 Å². The largest absolute Gasteiger partial charge is 0.493 e. The van der Waals surface area contributed by atoms with Crippen molar-refractivity contribution < 1.29 is 19.4 Å². The molecule has 0 radical (unpaired) electrons. The van der Waals surface area contributed by atoms with Gasteiger partial charge in [0.15, 0.2) is 11.5 Å². The van der Waals surface area contributed by atoms with E-state index in [4.69, 9.17) is 15.9 Å². The molecule has 27 heavy (non-hydrogen) atoms. The molecule has 2 atom stereocenters. The zero-order valence-electron chi connectivity index (χ0n) is 15.6. The minimum absolute atomic E-state index is 0.170. The first kappa shape index (κ1) is 20.3. The highest BCUT2D eigenvalue weighted by molar-refractivity contribution is 5.81. The first-order valence-electron chi connectivity index (χ1n) is 8.80.